The summed E-state index contributed by atoms with van der Waals surface area (Å²) in [6.45, 7) is 7.25. The molecule has 6 rings (SSSR count). The van der Waals surface area contributed by atoms with Crippen LogP contribution in [0.25, 0.3) is 16.8 Å². The van der Waals surface area contributed by atoms with E-state index >= 15 is 0 Å². The SMILES string of the molecule is C1CC1.CC(C)(C)OC(=O)N1CCC(n2cc(-c3cn4nccc4c(N4CCC(C#N)C4=O)n3)cn2)CC1. The lowest BCUT2D eigenvalue weighted by atomic mass is 10.1. The Morgan fingerprint density at radius 2 is 1.82 bits per heavy atom. The first kappa shape index (κ1) is 25.7. The van der Waals surface area contributed by atoms with E-state index in [1.165, 1.54) is 19.3 Å². The van der Waals surface area contributed by atoms with Crippen LogP contribution in [0.3, 0.4) is 0 Å². The molecule has 3 fully saturated rings. The standard InChI is InChI=1S/C24H28N8O3.C3H6/c1-24(2,3)35-23(34)29-9-6-18(7-10-29)31-14-17(13-27-31)19-15-32-20(4-8-26-32)21(28-19)30-11-5-16(12-25)22(30)33;1-2-3-1/h4,8,13-16,18H,5-7,9-11H2,1-3H3;1-3H2. The minimum Gasteiger partial charge on any atom is -0.444 e. The Balaban J connectivity index is 0.000000916. The number of piperidine rings is 1. The van der Waals surface area contributed by atoms with E-state index in [1.54, 1.807) is 32.8 Å². The number of hydrogen-bond acceptors (Lipinski definition) is 7. The maximum absolute atomic E-state index is 12.7. The fraction of sp³-hybridized carbons (Fsp3) is 0.556. The third-order valence-corrected chi connectivity index (χ3v) is 6.73. The second-order valence-electron chi connectivity index (χ2n) is 11.0. The third-order valence-electron chi connectivity index (χ3n) is 6.73. The van der Waals surface area contributed by atoms with Crippen LogP contribution in [0.4, 0.5) is 10.6 Å². The largest absolute Gasteiger partial charge is 0.444 e. The summed E-state index contributed by atoms with van der Waals surface area (Å²) in [6.07, 6.45) is 13.4. The maximum Gasteiger partial charge on any atom is 0.410 e. The smallest absolute Gasteiger partial charge is 0.410 e. The molecule has 1 aliphatic carbocycles. The van der Waals surface area contributed by atoms with Crippen molar-refractivity contribution in [1.82, 2.24) is 29.3 Å². The van der Waals surface area contributed by atoms with Crippen molar-refractivity contribution in [2.75, 3.05) is 24.5 Å². The van der Waals surface area contributed by atoms with Crippen LogP contribution in [-0.2, 0) is 9.53 Å². The molecule has 2 aliphatic heterocycles. The molecular weight excluding hydrogens is 484 g/mol. The Kier molecular flexibility index (Phi) is 7.06. The van der Waals surface area contributed by atoms with Crippen molar-refractivity contribution in [2.24, 2.45) is 5.92 Å². The summed E-state index contributed by atoms with van der Waals surface area (Å²) < 4.78 is 9.10. The highest BCUT2D eigenvalue weighted by Gasteiger charge is 2.35. The van der Waals surface area contributed by atoms with Crippen LogP contribution in [0.15, 0.2) is 30.9 Å². The van der Waals surface area contributed by atoms with E-state index in [9.17, 15) is 14.9 Å². The number of carbonyl (C=O) groups excluding carboxylic acids is 2. The Bertz CT molecular complexity index is 1350. The van der Waals surface area contributed by atoms with Crippen molar-refractivity contribution < 1.29 is 14.3 Å². The normalized spacial score (nSPS) is 19.7. The van der Waals surface area contributed by atoms with Gasteiger partial charge >= 0.3 is 6.09 Å². The molecule has 1 saturated carbocycles. The zero-order valence-corrected chi connectivity index (χ0v) is 22.2. The molecule has 200 valence electrons. The van der Waals surface area contributed by atoms with Gasteiger partial charge in [-0.3, -0.25) is 14.4 Å². The Labute approximate surface area is 222 Å². The lowest BCUT2D eigenvalue weighted by Crippen LogP contribution is -2.42. The number of anilines is 1. The number of aromatic nitrogens is 5. The van der Waals surface area contributed by atoms with E-state index < -0.39 is 11.5 Å². The lowest BCUT2D eigenvalue weighted by Gasteiger charge is -2.33. The number of nitriles is 1. The average molecular weight is 519 g/mol. The van der Waals surface area contributed by atoms with Gasteiger partial charge in [0, 0.05) is 31.4 Å². The number of ether oxygens (including phenoxy) is 1. The van der Waals surface area contributed by atoms with Gasteiger partial charge in [-0.25, -0.2) is 14.3 Å². The zero-order valence-electron chi connectivity index (χ0n) is 22.2. The number of rotatable bonds is 3. The van der Waals surface area contributed by atoms with E-state index in [1.807, 2.05) is 37.8 Å². The fourth-order valence-electron chi connectivity index (χ4n) is 4.57. The van der Waals surface area contributed by atoms with Gasteiger partial charge in [0.15, 0.2) is 5.82 Å². The molecule has 3 aliphatic rings. The summed E-state index contributed by atoms with van der Waals surface area (Å²) >= 11 is 0. The van der Waals surface area contributed by atoms with E-state index in [0.717, 1.165) is 18.4 Å². The average Bonchev–Trinajstić information content (AvgIpc) is 3.40. The third kappa shape index (κ3) is 5.64. The molecule has 38 heavy (non-hydrogen) atoms. The van der Waals surface area contributed by atoms with Gasteiger partial charge in [-0.15, -0.1) is 0 Å². The van der Waals surface area contributed by atoms with Crippen molar-refractivity contribution in [3.05, 3.63) is 30.9 Å². The van der Waals surface area contributed by atoms with E-state index in [0.29, 0.717) is 43.1 Å². The molecule has 0 spiro atoms. The number of fused-ring (bicyclic) bond motifs is 1. The predicted molar refractivity (Wildman–Crippen MR) is 140 cm³/mol. The molecule has 3 aromatic heterocycles. The topological polar surface area (TPSA) is 122 Å². The molecular formula is C27H34N8O3. The Morgan fingerprint density at radius 1 is 1.08 bits per heavy atom. The van der Waals surface area contributed by atoms with Gasteiger partial charge in [-0.05, 0) is 46.1 Å². The molecule has 11 heteroatoms. The van der Waals surface area contributed by atoms with Gasteiger partial charge in [0.1, 0.15) is 17.0 Å². The molecule has 3 aromatic rings. The molecule has 0 N–H and O–H groups in total. The van der Waals surface area contributed by atoms with Crippen molar-refractivity contribution in [3.8, 4) is 17.3 Å². The Hall–Kier alpha value is -3.94. The van der Waals surface area contributed by atoms with Crippen molar-refractivity contribution in [2.45, 2.75) is 70.9 Å². The first-order valence-corrected chi connectivity index (χ1v) is 13.3. The first-order chi connectivity index (χ1) is 18.2. The van der Waals surface area contributed by atoms with E-state index in [2.05, 4.69) is 16.3 Å². The number of hydrogen-bond donors (Lipinski definition) is 0. The fourth-order valence-corrected chi connectivity index (χ4v) is 4.57. The number of carbonyl (C=O) groups is 2. The minimum absolute atomic E-state index is 0.159. The van der Waals surface area contributed by atoms with Gasteiger partial charge in [-0.1, -0.05) is 19.3 Å². The first-order valence-electron chi connectivity index (χ1n) is 13.3. The van der Waals surface area contributed by atoms with Gasteiger partial charge < -0.3 is 9.64 Å². The number of nitrogens with zero attached hydrogens (tertiary/aromatic N) is 8. The molecule has 0 radical (unpaired) electrons. The monoisotopic (exact) mass is 518 g/mol. The highest BCUT2D eigenvalue weighted by molar-refractivity contribution is 6.01. The number of amides is 2. The van der Waals surface area contributed by atoms with E-state index in [-0.39, 0.29) is 18.0 Å². The van der Waals surface area contributed by atoms with Gasteiger partial charge in [0.05, 0.1) is 36.4 Å². The molecule has 1 atom stereocenters. The maximum atomic E-state index is 12.7. The summed E-state index contributed by atoms with van der Waals surface area (Å²) in [6, 6.07) is 4.04. The van der Waals surface area contributed by atoms with Crippen molar-refractivity contribution >= 4 is 23.3 Å². The molecule has 5 heterocycles. The second kappa shape index (κ2) is 10.4. The lowest BCUT2D eigenvalue weighted by molar-refractivity contribution is -0.119. The van der Waals surface area contributed by atoms with Gasteiger partial charge in [-0.2, -0.15) is 15.5 Å². The summed E-state index contributed by atoms with van der Waals surface area (Å²) in [5.41, 5.74) is 1.65. The van der Waals surface area contributed by atoms with Crippen molar-refractivity contribution in [3.63, 3.8) is 0 Å². The van der Waals surface area contributed by atoms with Crippen LogP contribution >= 0.6 is 0 Å². The van der Waals surface area contributed by atoms with Crippen LogP contribution in [0.2, 0.25) is 0 Å². The van der Waals surface area contributed by atoms with Crippen LogP contribution < -0.4 is 4.90 Å². The summed E-state index contributed by atoms with van der Waals surface area (Å²) in [5.74, 6) is -0.369. The minimum atomic E-state index is -0.641. The zero-order chi connectivity index (χ0) is 26.9. The highest BCUT2D eigenvalue weighted by atomic mass is 16.6. The molecule has 11 nitrogen and oxygen atoms in total. The van der Waals surface area contributed by atoms with Crippen LogP contribution in [0.1, 0.15) is 65.3 Å². The molecule has 2 saturated heterocycles. The van der Waals surface area contributed by atoms with Gasteiger partial charge in [0.2, 0.25) is 5.91 Å². The summed E-state index contributed by atoms with van der Waals surface area (Å²) in [7, 11) is 0. The quantitative estimate of drug-likeness (QED) is 0.509. The van der Waals surface area contributed by atoms with Crippen LogP contribution in [0.5, 0.6) is 0 Å². The molecule has 0 aromatic carbocycles. The van der Waals surface area contributed by atoms with Crippen LogP contribution in [-0.4, -0.2) is 66.5 Å². The predicted octanol–water partition coefficient (Wildman–Crippen LogP) is 4.21. The molecule has 1 unspecified atom stereocenters. The molecule has 0 bridgehead atoms. The van der Waals surface area contributed by atoms with E-state index in [4.69, 9.17) is 9.72 Å². The number of likely N-dealkylation sites (tertiary alicyclic amines) is 1. The van der Waals surface area contributed by atoms with Gasteiger partial charge in [0.25, 0.3) is 0 Å². The second-order valence-corrected chi connectivity index (χ2v) is 11.0. The Morgan fingerprint density at radius 3 is 2.45 bits per heavy atom. The molecule has 2 amide bonds. The summed E-state index contributed by atoms with van der Waals surface area (Å²) in [4.78, 5) is 33.1. The summed E-state index contributed by atoms with van der Waals surface area (Å²) in [5, 5.41) is 18.2. The highest BCUT2D eigenvalue weighted by Crippen LogP contribution is 2.31. The van der Waals surface area contributed by atoms with Crippen LogP contribution in [0, 0.1) is 17.2 Å². The van der Waals surface area contributed by atoms with Crippen molar-refractivity contribution in [1.29, 1.82) is 5.26 Å².